The average molecular weight is 190 g/mol. The van der Waals surface area contributed by atoms with Crippen molar-refractivity contribution in [3.8, 4) is 0 Å². The van der Waals surface area contributed by atoms with E-state index < -0.39 is 0 Å². The number of anilines is 2. The van der Waals surface area contributed by atoms with Gasteiger partial charge in [-0.3, -0.25) is 4.68 Å². The Morgan fingerprint density at radius 2 is 1.93 bits per heavy atom. The molecule has 0 radical (unpaired) electrons. The average Bonchev–Trinajstić information content (AvgIpc) is 2.58. The molecule has 4 nitrogen and oxygen atoms in total. The van der Waals surface area contributed by atoms with Gasteiger partial charge in [0.15, 0.2) is 0 Å². The first-order valence-electron chi connectivity index (χ1n) is 4.63. The van der Waals surface area contributed by atoms with Gasteiger partial charge in [-0.25, -0.2) is 0 Å². The number of nitrogens with one attached hydrogen (secondary N) is 1. The number of benzene rings is 1. The zero-order valence-electron chi connectivity index (χ0n) is 8.12. The third kappa shape index (κ3) is 1.16. The standard InChI is InChI=1S/C10H14N4/c1-2-13-14-6-5-7-8(11)3-4-9(12)10(7)14/h3-6,13H,2,11-12H2,1H3. The van der Waals surface area contributed by atoms with Crippen molar-refractivity contribution in [2.45, 2.75) is 6.92 Å². The predicted octanol–water partition coefficient (Wildman–Crippen LogP) is 1.37. The molecule has 0 bridgehead atoms. The van der Waals surface area contributed by atoms with E-state index in [2.05, 4.69) is 5.43 Å². The van der Waals surface area contributed by atoms with Gasteiger partial charge in [0.1, 0.15) is 0 Å². The van der Waals surface area contributed by atoms with E-state index in [1.54, 1.807) is 0 Å². The molecular formula is C10H14N4. The highest BCUT2D eigenvalue weighted by Gasteiger charge is 2.06. The SMILES string of the molecule is CCNn1ccc2c(N)ccc(N)c21. The molecule has 0 atom stereocenters. The Labute approximate surface area is 82.5 Å². The zero-order valence-corrected chi connectivity index (χ0v) is 8.12. The topological polar surface area (TPSA) is 69.0 Å². The van der Waals surface area contributed by atoms with E-state index >= 15 is 0 Å². The second kappa shape index (κ2) is 3.14. The smallest absolute Gasteiger partial charge is 0.0942 e. The molecule has 0 amide bonds. The second-order valence-electron chi connectivity index (χ2n) is 3.20. The summed E-state index contributed by atoms with van der Waals surface area (Å²) in [7, 11) is 0. The fourth-order valence-corrected chi connectivity index (χ4v) is 1.61. The molecule has 74 valence electrons. The molecule has 0 spiro atoms. The molecule has 14 heavy (non-hydrogen) atoms. The van der Waals surface area contributed by atoms with Crippen molar-refractivity contribution in [1.29, 1.82) is 0 Å². The van der Waals surface area contributed by atoms with Crippen LogP contribution in [0.2, 0.25) is 0 Å². The quantitative estimate of drug-likeness (QED) is 0.626. The molecule has 1 heterocycles. The van der Waals surface area contributed by atoms with Crippen LogP contribution >= 0.6 is 0 Å². The van der Waals surface area contributed by atoms with Crippen molar-refractivity contribution in [3.63, 3.8) is 0 Å². The second-order valence-corrected chi connectivity index (χ2v) is 3.20. The summed E-state index contributed by atoms with van der Waals surface area (Å²) >= 11 is 0. The Bertz CT molecular complexity index is 458. The predicted molar refractivity (Wildman–Crippen MR) is 60.7 cm³/mol. The minimum atomic E-state index is 0.736. The fraction of sp³-hybridized carbons (Fsp3) is 0.200. The number of nitrogen functional groups attached to an aromatic ring is 2. The van der Waals surface area contributed by atoms with E-state index in [1.165, 1.54) is 0 Å². The molecule has 0 aliphatic carbocycles. The molecule has 0 fully saturated rings. The van der Waals surface area contributed by atoms with E-state index in [0.29, 0.717) is 0 Å². The van der Waals surface area contributed by atoms with Gasteiger partial charge >= 0.3 is 0 Å². The van der Waals surface area contributed by atoms with E-state index in [0.717, 1.165) is 28.8 Å². The van der Waals surface area contributed by atoms with Crippen LogP contribution in [0.15, 0.2) is 24.4 Å². The summed E-state index contributed by atoms with van der Waals surface area (Å²) in [6.07, 6.45) is 1.93. The Kier molecular flexibility index (Phi) is 1.96. The van der Waals surface area contributed by atoms with Crippen LogP contribution < -0.4 is 16.9 Å². The van der Waals surface area contributed by atoms with Crippen molar-refractivity contribution in [2.24, 2.45) is 0 Å². The maximum absolute atomic E-state index is 5.88. The Balaban J connectivity index is 2.70. The summed E-state index contributed by atoms with van der Waals surface area (Å²) in [5, 5.41) is 0.992. The van der Waals surface area contributed by atoms with Gasteiger partial charge < -0.3 is 16.9 Å². The summed E-state index contributed by atoms with van der Waals surface area (Å²) in [5.74, 6) is 0. The van der Waals surface area contributed by atoms with Gasteiger partial charge in [0.2, 0.25) is 0 Å². The van der Waals surface area contributed by atoms with Gasteiger partial charge in [-0.1, -0.05) is 0 Å². The van der Waals surface area contributed by atoms with Gasteiger partial charge in [-0.2, -0.15) is 0 Å². The maximum Gasteiger partial charge on any atom is 0.0942 e. The zero-order chi connectivity index (χ0) is 10.1. The molecule has 1 aromatic carbocycles. The lowest BCUT2D eigenvalue weighted by molar-refractivity contribution is 0.902. The summed E-state index contributed by atoms with van der Waals surface area (Å²) < 4.78 is 1.90. The molecule has 5 N–H and O–H groups in total. The minimum absolute atomic E-state index is 0.736. The van der Waals surface area contributed by atoms with Crippen molar-refractivity contribution in [3.05, 3.63) is 24.4 Å². The number of fused-ring (bicyclic) bond motifs is 1. The van der Waals surface area contributed by atoms with Crippen molar-refractivity contribution in [1.82, 2.24) is 4.68 Å². The van der Waals surface area contributed by atoms with Crippen LogP contribution in [-0.4, -0.2) is 11.2 Å². The van der Waals surface area contributed by atoms with Gasteiger partial charge in [-0.15, -0.1) is 0 Å². The molecule has 0 unspecified atom stereocenters. The first-order chi connectivity index (χ1) is 6.74. The van der Waals surface area contributed by atoms with Crippen LogP contribution in [0.1, 0.15) is 6.92 Å². The monoisotopic (exact) mass is 190 g/mol. The highest BCUT2D eigenvalue weighted by Crippen LogP contribution is 2.26. The van der Waals surface area contributed by atoms with Crippen LogP contribution in [0.4, 0.5) is 11.4 Å². The Morgan fingerprint density at radius 1 is 1.21 bits per heavy atom. The van der Waals surface area contributed by atoms with Crippen LogP contribution in [0.3, 0.4) is 0 Å². The summed E-state index contributed by atoms with van der Waals surface area (Å²) in [6, 6.07) is 5.61. The molecule has 2 aromatic rings. The summed E-state index contributed by atoms with van der Waals surface area (Å²) in [4.78, 5) is 0. The van der Waals surface area contributed by atoms with E-state index in [-0.39, 0.29) is 0 Å². The molecule has 1 aromatic heterocycles. The van der Waals surface area contributed by atoms with Crippen LogP contribution in [0.25, 0.3) is 10.9 Å². The van der Waals surface area contributed by atoms with Gasteiger partial charge in [-0.05, 0) is 25.1 Å². The van der Waals surface area contributed by atoms with Crippen molar-refractivity contribution in [2.75, 3.05) is 23.4 Å². The number of nitrogens with two attached hydrogens (primary N) is 2. The number of nitrogens with zero attached hydrogens (tertiary/aromatic N) is 1. The number of aromatic nitrogens is 1. The molecular weight excluding hydrogens is 176 g/mol. The van der Waals surface area contributed by atoms with E-state index in [4.69, 9.17) is 11.5 Å². The largest absolute Gasteiger partial charge is 0.398 e. The minimum Gasteiger partial charge on any atom is -0.398 e. The number of hydrogen-bond acceptors (Lipinski definition) is 3. The lowest BCUT2D eigenvalue weighted by atomic mass is 10.2. The Hall–Kier alpha value is -1.84. The molecule has 0 aliphatic rings. The summed E-state index contributed by atoms with van der Waals surface area (Å²) in [5.41, 5.74) is 17.3. The van der Waals surface area contributed by atoms with Gasteiger partial charge in [0.05, 0.1) is 11.2 Å². The van der Waals surface area contributed by atoms with Gasteiger partial charge in [0, 0.05) is 23.8 Å². The Morgan fingerprint density at radius 3 is 2.64 bits per heavy atom. The van der Waals surface area contributed by atoms with E-state index in [9.17, 15) is 0 Å². The first kappa shape index (κ1) is 8.74. The molecule has 4 heteroatoms. The van der Waals surface area contributed by atoms with Crippen molar-refractivity contribution >= 4 is 22.3 Å². The van der Waals surface area contributed by atoms with Gasteiger partial charge in [0.25, 0.3) is 0 Å². The molecule has 0 saturated heterocycles. The number of hydrogen-bond donors (Lipinski definition) is 3. The highest BCUT2D eigenvalue weighted by molar-refractivity contribution is 5.98. The molecule has 0 aliphatic heterocycles. The third-order valence-corrected chi connectivity index (χ3v) is 2.24. The lowest BCUT2D eigenvalue weighted by Crippen LogP contribution is -2.13. The van der Waals surface area contributed by atoms with E-state index in [1.807, 2.05) is 36.0 Å². The first-order valence-corrected chi connectivity index (χ1v) is 4.63. The number of rotatable bonds is 2. The van der Waals surface area contributed by atoms with Crippen LogP contribution in [0, 0.1) is 0 Å². The maximum atomic E-state index is 5.88. The molecule has 0 saturated carbocycles. The molecule has 2 rings (SSSR count). The van der Waals surface area contributed by atoms with Crippen LogP contribution in [-0.2, 0) is 0 Å². The fourth-order valence-electron chi connectivity index (χ4n) is 1.61. The normalized spacial score (nSPS) is 10.6. The summed E-state index contributed by atoms with van der Waals surface area (Å²) in [6.45, 7) is 2.88. The highest BCUT2D eigenvalue weighted by atomic mass is 15.4. The van der Waals surface area contributed by atoms with Crippen molar-refractivity contribution < 1.29 is 0 Å². The third-order valence-electron chi connectivity index (χ3n) is 2.24. The van der Waals surface area contributed by atoms with Crippen LogP contribution in [0.5, 0.6) is 0 Å². The lowest BCUT2D eigenvalue weighted by Gasteiger charge is -2.08.